The number of nitrogens with zero attached hydrogens (tertiary/aromatic N) is 1. The second-order valence-electron chi connectivity index (χ2n) is 4.87. The fraction of sp³-hybridized carbons (Fsp3) is 0.500. The minimum absolute atomic E-state index is 0.310. The van der Waals surface area contributed by atoms with E-state index in [1.54, 1.807) is 24.5 Å². The zero-order valence-corrected chi connectivity index (χ0v) is 13.4. The van der Waals surface area contributed by atoms with E-state index in [4.69, 9.17) is 9.15 Å². The second-order valence-corrected chi connectivity index (χ2v) is 6.16. The lowest BCUT2D eigenvalue weighted by molar-refractivity contribution is 0.0519. The Morgan fingerprint density at radius 3 is 2.86 bits per heavy atom. The number of carbonyl (C=O) groups is 1. The maximum Gasteiger partial charge on any atom is 0.358 e. The summed E-state index contributed by atoms with van der Waals surface area (Å²) in [5.41, 5.74) is 0.479. The Labute approximate surface area is 129 Å². The van der Waals surface area contributed by atoms with Crippen LogP contribution in [0, 0.1) is 6.92 Å². The molecule has 0 radical (unpaired) electrons. The van der Waals surface area contributed by atoms with Crippen LogP contribution in [0.1, 0.15) is 52.3 Å². The summed E-state index contributed by atoms with van der Waals surface area (Å²) in [6.45, 7) is 4.11. The standard InChI is InChI=1S/C16H21NO3S/c1-3-19-16(18)15-12(2)21-14(17-15)10-6-4-5-8-13-9-7-11-20-13/h7,9,11H,3-6,8,10H2,1-2H3. The number of unbranched alkanes of at least 4 members (excludes halogenated alkanes) is 2. The number of rotatable bonds is 8. The maximum atomic E-state index is 11.7. The normalized spacial score (nSPS) is 10.8. The molecule has 0 aliphatic heterocycles. The molecule has 0 saturated heterocycles. The third kappa shape index (κ3) is 4.70. The van der Waals surface area contributed by atoms with Gasteiger partial charge in [-0.05, 0) is 45.2 Å². The molecule has 0 aliphatic rings. The lowest BCUT2D eigenvalue weighted by Crippen LogP contribution is -2.06. The van der Waals surface area contributed by atoms with Gasteiger partial charge in [-0.3, -0.25) is 0 Å². The Morgan fingerprint density at radius 2 is 2.14 bits per heavy atom. The summed E-state index contributed by atoms with van der Waals surface area (Å²) in [4.78, 5) is 17.0. The van der Waals surface area contributed by atoms with E-state index in [1.807, 2.05) is 19.1 Å². The van der Waals surface area contributed by atoms with Gasteiger partial charge < -0.3 is 9.15 Å². The molecule has 0 atom stereocenters. The van der Waals surface area contributed by atoms with Crippen molar-refractivity contribution in [2.75, 3.05) is 6.61 Å². The first kappa shape index (κ1) is 15.8. The number of carbonyl (C=O) groups excluding carboxylic acids is 1. The molecular weight excluding hydrogens is 286 g/mol. The summed E-state index contributed by atoms with van der Waals surface area (Å²) in [6, 6.07) is 3.93. The highest BCUT2D eigenvalue weighted by Gasteiger charge is 2.15. The summed E-state index contributed by atoms with van der Waals surface area (Å²) < 4.78 is 10.3. The molecule has 114 valence electrons. The molecule has 21 heavy (non-hydrogen) atoms. The van der Waals surface area contributed by atoms with Gasteiger partial charge in [0.2, 0.25) is 0 Å². The fourth-order valence-corrected chi connectivity index (χ4v) is 3.12. The molecular formula is C16H21NO3S. The first-order chi connectivity index (χ1) is 10.2. The summed E-state index contributed by atoms with van der Waals surface area (Å²) in [5.74, 6) is 0.736. The van der Waals surface area contributed by atoms with Gasteiger partial charge in [0.15, 0.2) is 5.69 Å². The largest absolute Gasteiger partial charge is 0.469 e. The monoisotopic (exact) mass is 307 g/mol. The summed E-state index contributed by atoms with van der Waals surface area (Å²) in [5, 5.41) is 1.02. The van der Waals surface area contributed by atoms with E-state index in [9.17, 15) is 4.79 Å². The number of aromatic nitrogens is 1. The molecule has 2 heterocycles. The zero-order valence-electron chi connectivity index (χ0n) is 12.6. The lowest BCUT2D eigenvalue weighted by Gasteiger charge is -1.99. The van der Waals surface area contributed by atoms with E-state index in [0.717, 1.165) is 47.7 Å². The van der Waals surface area contributed by atoms with Crippen molar-refractivity contribution in [3.05, 3.63) is 39.7 Å². The molecule has 0 fully saturated rings. The highest BCUT2D eigenvalue weighted by atomic mass is 32.1. The Bertz CT molecular complexity index is 560. The van der Waals surface area contributed by atoms with Crippen molar-refractivity contribution in [2.24, 2.45) is 0 Å². The Kier molecular flexibility index (Phi) is 5.99. The smallest absolute Gasteiger partial charge is 0.358 e. The van der Waals surface area contributed by atoms with Crippen molar-refractivity contribution in [1.82, 2.24) is 4.98 Å². The van der Waals surface area contributed by atoms with Crippen LogP contribution >= 0.6 is 11.3 Å². The molecule has 4 nitrogen and oxygen atoms in total. The molecule has 0 amide bonds. The molecule has 2 rings (SSSR count). The van der Waals surface area contributed by atoms with Crippen molar-refractivity contribution < 1.29 is 13.9 Å². The molecule has 0 N–H and O–H groups in total. The summed E-state index contributed by atoms with van der Waals surface area (Å²) in [6.07, 6.45) is 6.94. The highest BCUT2D eigenvalue weighted by molar-refractivity contribution is 7.11. The Morgan fingerprint density at radius 1 is 1.33 bits per heavy atom. The number of thiazole rings is 1. The molecule has 0 spiro atoms. The van der Waals surface area contributed by atoms with Crippen molar-refractivity contribution in [3.8, 4) is 0 Å². The Balaban J connectivity index is 1.73. The van der Waals surface area contributed by atoms with E-state index in [2.05, 4.69) is 4.98 Å². The predicted octanol–water partition coefficient (Wildman–Crippen LogP) is 4.18. The van der Waals surface area contributed by atoms with E-state index < -0.39 is 0 Å². The Hall–Kier alpha value is -1.62. The number of ether oxygens (including phenoxy) is 1. The van der Waals surface area contributed by atoms with Crippen LogP contribution in [0.25, 0.3) is 0 Å². The van der Waals surface area contributed by atoms with Crippen molar-refractivity contribution in [3.63, 3.8) is 0 Å². The van der Waals surface area contributed by atoms with Gasteiger partial charge in [-0.25, -0.2) is 9.78 Å². The quantitative estimate of drug-likeness (QED) is 0.542. The number of aryl methyl sites for hydroxylation is 3. The van der Waals surface area contributed by atoms with Gasteiger partial charge in [0.1, 0.15) is 5.76 Å². The number of esters is 1. The summed E-state index contributed by atoms with van der Waals surface area (Å²) in [7, 11) is 0. The molecule has 0 aromatic carbocycles. The van der Waals surface area contributed by atoms with Crippen molar-refractivity contribution >= 4 is 17.3 Å². The molecule has 0 saturated carbocycles. The topological polar surface area (TPSA) is 52.3 Å². The van der Waals surface area contributed by atoms with E-state index in [1.165, 1.54) is 0 Å². The van der Waals surface area contributed by atoms with Gasteiger partial charge in [0, 0.05) is 11.3 Å². The molecule has 0 bridgehead atoms. The molecule has 0 unspecified atom stereocenters. The molecule has 2 aromatic rings. The molecule has 2 aromatic heterocycles. The van der Waals surface area contributed by atoms with Crippen LogP contribution in [0.15, 0.2) is 22.8 Å². The van der Waals surface area contributed by atoms with Crippen LogP contribution in [0.2, 0.25) is 0 Å². The van der Waals surface area contributed by atoms with Crippen LogP contribution in [-0.2, 0) is 17.6 Å². The average molecular weight is 307 g/mol. The van der Waals surface area contributed by atoms with Gasteiger partial charge in [-0.1, -0.05) is 6.42 Å². The number of hydrogen-bond acceptors (Lipinski definition) is 5. The van der Waals surface area contributed by atoms with Crippen LogP contribution in [0.4, 0.5) is 0 Å². The minimum atomic E-state index is -0.310. The van der Waals surface area contributed by atoms with Crippen molar-refractivity contribution in [1.29, 1.82) is 0 Å². The zero-order chi connectivity index (χ0) is 15.1. The number of hydrogen-bond donors (Lipinski definition) is 0. The number of furan rings is 1. The lowest BCUT2D eigenvalue weighted by atomic mass is 10.1. The summed E-state index contributed by atoms with van der Waals surface area (Å²) >= 11 is 1.59. The maximum absolute atomic E-state index is 11.7. The van der Waals surface area contributed by atoms with E-state index in [0.29, 0.717) is 12.3 Å². The SMILES string of the molecule is CCOC(=O)c1nc(CCCCCc2ccco2)sc1C. The van der Waals surface area contributed by atoms with Gasteiger partial charge in [-0.15, -0.1) is 11.3 Å². The molecule has 0 aliphatic carbocycles. The third-order valence-corrected chi connectivity index (χ3v) is 4.23. The van der Waals surface area contributed by atoms with E-state index >= 15 is 0 Å². The molecule has 5 heteroatoms. The van der Waals surface area contributed by atoms with Gasteiger partial charge in [-0.2, -0.15) is 0 Å². The average Bonchev–Trinajstić information content (AvgIpc) is 3.08. The second kappa shape index (κ2) is 7.98. The fourth-order valence-electron chi connectivity index (χ4n) is 2.15. The highest BCUT2D eigenvalue weighted by Crippen LogP contribution is 2.20. The van der Waals surface area contributed by atoms with Crippen LogP contribution in [0.3, 0.4) is 0 Å². The first-order valence-corrected chi connectivity index (χ1v) is 8.18. The van der Waals surface area contributed by atoms with Crippen LogP contribution in [0.5, 0.6) is 0 Å². The van der Waals surface area contributed by atoms with Crippen LogP contribution < -0.4 is 0 Å². The van der Waals surface area contributed by atoms with E-state index in [-0.39, 0.29) is 5.97 Å². The van der Waals surface area contributed by atoms with Gasteiger partial charge >= 0.3 is 5.97 Å². The minimum Gasteiger partial charge on any atom is -0.469 e. The van der Waals surface area contributed by atoms with Crippen LogP contribution in [-0.4, -0.2) is 17.6 Å². The third-order valence-electron chi connectivity index (χ3n) is 3.20. The van der Waals surface area contributed by atoms with Gasteiger partial charge in [0.25, 0.3) is 0 Å². The first-order valence-electron chi connectivity index (χ1n) is 7.36. The van der Waals surface area contributed by atoms with Gasteiger partial charge in [0.05, 0.1) is 17.9 Å². The predicted molar refractivity (Wildman–Crippen MR) is 82.8 cm³/mol. The van der Waals surface area contributed by atoms with Crippen molar-refractivity contribution in [2.45, 2.75) is 46.0 Å².